The van der Waals surface area contributed by atoms with Gasteiger partial charge in [0.15, 0.2) is 0 Å². The molecule has 1 aliphatic rings. The highest BCUT2D eigenvalue weighted by Crippen LogP contribution is 2.29. The number of carbonyl (C=O) groups excluding carboxylic acids is 3. The minimum Gasteiger partial charge on any atom is -0.488 e. The smallest absolute Gasteiger partial charge is 0.335 e. The minimum atomic E-state index is -0.838. The molecule has 6 nitrogen and oxygen atoms in total. The molecular weight excluding hydrogens is 520 g/mol. The first-order valence-corrected chi connectivity index (χ1v) is 11.5. The zero-order valence-corrected chi connectivity index (χ0v) is 20.7. The van der Waals surface area contributed by atoms with Crippen LogP contribution in [0, 0.1) is 13.8 Å². The van der Waals surface area contributed by atoms with Crippen molar-refractivity contribution in [3.05, 3.63) is 98.0 Å². The molecule has 0 bridgehead atoms. The van der Waals surface area contributed by atoms with Crippen molar-refractivity contribution in [2.24, 2.45) is 0 Å². The predicted octanol–water partition coefficient (Wildman–Crippen LogP) is 5.96. The van der Waals surface area contributed by atoms with E-state index in [1.54, 1.807) is 30.3 Å². The summed E-state index contributed by atoms with van der Waals surface area (Å²) < 4.78 is 6.78. The number of carbonyl (C=O) groups is 3. The summed E-state index contributed by atoms with van der Waals surface area (Å²) >= 11 is 9.45. The molecule has 0 radical (unpaired) electrons. The lowest BCUT2D eigenvalue weighted by molar-refractivity contribution is -0.122. The molecule has 0 aromatic heterocycles. The van der Waals surface area contributed by atoms with Crippen LogP contribution in [0.3, 0.4) is 0 Å². The number of barbiturate groups is 1. The van der Waals surface area contributed by atoms with Crippen LogP contribution in [0.25, 0.3) is 6.08 Å². The van der Waals surface area contributed by atoms with Crippen LogP contribution in [0.15, 0.2) is 70.7 Å². The summed E-state index contributed by atoms with van der Waals surface area (Å²) in [5.74, 6) is -1.05. The number of imide groups is 2. The first-order chi connectivity index (χ1) is 16.2. The van der Waals surface area contributed by atoms with Crippen LogP contribution in [0.5, 0.6) is 5.75 Å². The molecule has 1 N–H and O–H groups in total. The van der Waals surface area contributed by atoms with Crippen molar-refractivity contribution in [1.82, 2.24) is 5.32 Å². The van der Waals surface area contributed by atoms with Crippen LogP contribution in [-0.2, 0) is 16.2 Å². The van der Waals surface area contributed by atoms with Crippen molar-refractivity contribution >= 4 is 57.1 Å². The number of nitrogens with one attached hydrogen (secondary N) is 1. The second kappa shape index (κ2) is 9.83. The van der Waals surface area contributed by atoms with Crippen molar-refractivity contribution < 1.29 is 19.1 Å². The summed E-state index contributed by atoms with van der Waals surface area (Å²) in [4.78, 5) is 39.1. The Morgan fingerprint density at radius 3 is 2.44 bits per heavy atom. The zero-order chi connectivity index (χ0) is 24.4. The van der Waals surface area contributed by atoms with Gasteiger partial charge in [-0.1, -0.05) is 62.9 Å². The van der Waals surface area contributed by atoms with Crippen LogP contribution >= 0.6 is 27.5 Å². The van der Waals surface area contributed by atoms with Crippen molar-refractivity contribution in [1.29, 1.82) is 0 Å². The second-order valence-electron chi connectivity index (χ2n) is 7.90. The molecule has 0 aliphatic carbocycles. The number of hydrogen-bond acceptors (Lipinski definition) is 4. The van der Waals surface area contributed by atoms with Gasteiger partial charge in [-0.25, -0.2) is 9.69 Å². The first kappa shape index (κ1) is 23.7. The lowest BCUT2D eigenvalue weighted by Gasteiger charge is -2.26. The lowest BCUT2D eigenvalue weighted by Crippen LogP contribution is -2.54. The molecule has 4 amide bonds. The Labute approximate surface area is 210 Å². The van der Waals surface area contributed by atoms with E-state index in [9.17, 15) is 14.4 Å². The van der Waals surface area contributed by atoms with E-state index >= 15 is 0 Å². The van der Waals surface area contributed by atoms with Gasteiger partial charge in [0.2, 0.25) is 0 Å². The number of halogens is 2. The summed E-state index contributed by atoms with van der Waals surface area (Å²) in [6.07, 6.45) is 1.42. The number of ether oxygens (including phenoxy) is 1. The highest BCUT2D eigenvalue weighted by Gasteiger charge is 2.37. The number of anilines is 1. The molecular formula is C26H20BrClN2O4. The van der Waals surface area contributed by atoms with Gasteiger partial charge in [0.05, 0.1) is 5.69 Å². The van der Waals surface area contributed by atoms with E-state index in [0.717, 1.165) is 26.1 Å². The maximum absolute atomic E-state index is 13.2. The van der Waals surface area contributed by atoms with Crippen molar-refractivity contribution in [2.75, 3.05) is 4.90 Å². The average molecular weight is 540 g/mol. The van der Waals surface area contributed by atoms with Gasteiger partial charge in [0.1, 0.15) is 17.9 Å². The van der Waals surface area contributed by atoms with E-state index in [4.69, 9.17) is 16.3 Å². The second-order valence-corrected chi connectivity index (χ2v) is 9.26. The Morgan fingerprint density at radius 1 is 1.00 bits per heavy atom. The molecule has 3 aromatic rings. The fourth-order valence-electron chi connectivity index (χ4n) is 3.74. The molecule has 172 valence electrons. The van der Waals surface area contributed by atoms with E-state index in [1.165, 1.54) is 12.1 Å². The van der Waals surface area contributed by atoms with Gasteiger partial charge in [-0.2, -0.15) is 0 Å². The number of urea groups is 1. The predicted molar refractivity (Wildman–Crippen MR) is 135 cm³/mol. The van der Waals surface area contributed by atoms with Crippen molar-refractivity contribution in [3.8, 4) is 5.75 Å². The molecule has 1 aliphatic heterocycles. The van der Waals surface area contributed by atoms with Gasteiger partial charge in [-0.15, -0.1) is 0 Å². The monoisotopic (exact) mass is 538 g/mol. The summed E-state index contributed by atoms with van der Waals surface area (Å²) in [6.45, 7) is 4.35. The van der Waals surface area contributed by atoms with Gasteiger partial charge in [0, 0.05) is 15.1 Å². The normalized spacial score (nSPS) is 15.0. The fraction of sp³-hybridized carbons (Fsp3) is 0.115. The third-order valence-corrected chi connectivity index (χ3v) is 5.84. The number of nitrogens with zero attached hydrogens (tertiary/aromatic N) is 1. The number of rotatable bonds is 5. The number of benzene rings is 3. The van der Waals surface area contributed by atoms with Crippen LogP contribution < -0.4 is 15.0 Å². The molecule has 1 fully saturated rings. The number of hydrogen-bond donors (Lipinski definition) is 1. The lowest BCUT2D eigenvalue weighted by atomic mass is 10.1. The molecule has 4 rings (SSSR count). The Kier molecular flexibility index (Phi) is 6.86. The summed E-state index contributed by atoms with van der Waals surface area (Å²) in [5.41, 5.74) is 3.84. The zero-order valence-electron chi connectivity index (χ0n) is 18.4. The molecule has 1 heterocycles. The SMILES string of the molecule is Cc1cc(C)cc(COc2ccc(Br)cc2/C=C2\C(=O)NC(=O)N(c3cccc(Cl)c3)C2=O)c1. The highest BCUT2D eigenvalue weighted by molar-refractivity contribution is 9.10. The molecule has 34 heavy (non-hydrogen) atoms. The maximum Gasteiger partial charge on any atom is 0.335 e. The fourth-order valence-corrected chi connectivity index (χ4v) is 4.30. The molecule has 0 spiro atoms. The van der Waals surface area contributed by atoms with Crippen LogP contribution in [0.1, 0.15) is 22.3 Å². The van der Waals surface area contributed by atoms with E-state index in [0.29, 0.717) is 22.9 Å². The molecule has 8 heteroatoms. The minimum absolute atomic E-state index is 0.200. The summed E-state index contributed by atoms with van der Waals surface area (Å²) in [5, 5.41) is 2.57. The molecule has 3 aromatic carbocycles. The first-order valence-electron chi connectivity index (χ1n) is 10.4. The Morgan fingerprint density at radius 2 is 1.74 bits per heavy atom. The van der Waals surface area contributed by atoms with Crippen molar-refractivity contribution in [3.63, 3.8) is 0 Å². The standard InChI is InChI=1S/C26H20BrClN2O4/c1-15-8-16(2)10-17(9-15)14-34-23-7-6-19(27)11-18(23)12-22-24(31)29-26(33)30(25(22)32)21-5-3-4-20(28)13-21/h3-13H,14H2,1-2H3,(H,29,31,33)/b22-12+. The molecule has 0 unspecified atom stereocenters. The Bertz CT molecular complexity index is 1330. The third kappa shape index (κ3) is 5.21. The van der Waals surface area contributed by atoms with Gasteiger partial charge in [-0.3, -0.25) is 14.9 Å². The van der Waals surface area contributed by atoms with E-state index < -0.39 is 17.8 Å². The van der Waals surface area contributed by atoms with Crippen LogP contribution in [0.2, 0.25) is 5.02 Å². The number of aryl methyl sites for hydroxylation is 2. The third-order valence-electron chi connectivity index (χ3n) is 5.12. The van der Waals surface area contributed by atoms with E-state index in [1.807, 2.05) is 32.0 Å². The van der Waals surface area contributed by atoms with Gasteiger partial charge in [-0.05, 0) is 61.9 Å². The topological polar surface area (TPSA) is 75.7 Å². The van der Waals surface area contributed by atoms with E-state index in [2.05, 4.69) is 27.3 Å². The molecule has 1 saturated heterocycles. The summed E-state index contributed by atoms with van der Waals surface area (Å²) in [6, 6.07) is 16.9. The van der Waals surface area contributed by atoms with Gasteiger partial charge >= 0.3 is 6.03 Å². The molecule has 0 saturated carbocycles. The largest absolute Gasteiger partial charge is 0.488 e. The maximum atomic E-state index is 13.2. The van der Waals surface area contributed by atoms with Crippen LogP contribution in [-0.4, -0.2) is 17.8 Å². The Hall–Kier alpha value is -3.42. The average Bonchev–Trinajstić information content (AvgIpc) is 2.75. The number of amides is 4. The van der Waals surface area contributed by atoms with E-state index in [-0.39, 0.29) is 11.3 Å². The quantitative estimate of drug-likeness (QED) is 0.320. The highest BCUT2D eigenvalue weighted by atomic mass is 79.9. The molecule has 0 atom stereocenters. The van der Waals surface area contributed by atoms with Gasteiger partial charge in [0.25, 0.3) is 11.8 Å². The van der Waals surface area contributed by atoms with Crippen LogP contribution in [0.4, 0.5) is 10.5 Å². The van der Waals surface area contributed by atoms with Crippen molar-refractivity contribution in [2.45, 2.75) is 20.5 Å². The van der Waals surface area contributed by atoms with Gasteiger partial charge < -0.3 is 4.74 Å². The summed E-state index contributed by atoms with van der Waals surface area (Å²) in [7, 11) is 0. The Balaban J connectivity index is 1.68.